The summed E-state index contributed by atoms with van der Waals surface area (Å²) in [5, 5.41) is 0. The Bertz CT molecular complexity index is 518. The van der Waals surface area contributed by atoms with Gasteiger partial charge < -0.3 is 0 Å². The largest absolute Gasteiger partial charge is 0.299 e. The lowest BCUT2D eigenvalue weighted by atomic mass is 9.46. The Morgan fingerprint density at radius 1 is 1.18 bits per heavy atom. The summed E-state index contributed by atoms with van der Waals surface area (Å²) in [5.74, 6) is 3.80. The number of allylic oxidation sites excluding steroid dienone is 2. The molecule has 6 atom stereocenters. The van der Waals surface area contributed by atoms with E-state index < -0.39 is 0 Å². The first-order valence-corrected chi connectivity index (χ1v) is 9.74. The summed E-state index contributed by atoms with van der Waals surface area (Å²) in [6.07, 6.45) is 13.9. The normalized spacial score (nSPS) is 50.9. The van der Waals surface area contributed by atoms with E-state index in [9.17, 15) is 4.79 Å². The number of ketones is 1. The number of carbonyl (C=O) groups is 1. The third kappa shape index (κ3) is 1.80. The van der Waals surface area contributed by atoms with E-state index in [1.54, 1.807) is 0 Å². The summed E-state index contributed by atoms with van der Waals surface area (Å²) in [7, 11) is 0. The SMILES string of the molecule is CC[C@]12CC[C@H](C)CC1=CCC1C2CC[C@]2(C)C(=O)CCC12. The first kappa shape index (κ1) is 15.0. The minimum atomic E-state index is 0.0312. The van der Waals surface area contributed by atoms with Gasteiger partial charge in [-0.15, -0.1) is 0 Å². The molecule has 122 valence electrons. The molecule has 4 aliphatic carbocycles. The fourth-order valence-corrected chi connectivity index (χ4v) is 7.07. The maximum absolute atomic E-state index is 12.5. The van der Waals surface area contributed by atoms with Crippen molar-refractivity contribution in [3.05, 3.63) is 11.6 Å². The van der Waals surface area contributed by atoms with Crippen molar-refractivity contribution in [3.8, 4) is 0 Å². The van der Waals surface area contributed by atoms with Crippen LogP contribution in [0.25, 0.3) is 0 Å². The van der Waals surface area contributed by atoms with Crippen LogP contribution in [-0.2, 0) is 4.79 Å². The van der Waals surface area contributed by atoms with Crippen molar-refractivity contribution < 1.29 is 4.79 Å². The second kappa shape index (κ2) is 4.95. The van der Waals surface area contributed by atoms with Gasteiger partial charge in [0.05, 0.1) is 0 Å². The fraction of sp³-hybridized carbons (Fsp3) is 0.857. The Labute approximate surface area is 135 Å². The number of hydrogen-bond acceptors (Lipinski definition) is 1. The predicted octanol–water partition coefficient (Wildman–Crippen LogP) is 5.54. The number of rotatable bonds is 1. The molecule has 1 nitrogen and oxygen atoms in total. The molecule has 0 aliphatic heterocycles. The van der Waals surface area contributed by atoms with Gasteiger partial charge in [0.25, 0.3) is 0 Å². The van der Waals surface area contributed by atoms with Crippen LogP contribution in [0.3, 0.4) is 0 Å². The predicted molar refractivity (Wildman–Crippen MR) is 90.5 cm³/mol. The Morgan fingerprint density at radius 3 is 2.77 bits per heavy atom. The van der Waals surface area contributed by atoms with E-state index in [2.05, 4.69) is 26.8 Å². The van der Waals surface area contributed by atoms with Crippen LogP contribution in [0.2, 0.25) is 0 Å². The zero-order valence-electron chi connectivity index (χ0n) is 14.7. The number of Topliss-reactive ketones (excluding diaryl/α,β-unsaturated/α-hetero) is 1. The molecule has 0 aromatic rings. The van der Waals surface area contributed by atoms with E-state index in [4.69, 9.17) is 0 Å². The van der Waals surface area contributed by atoms with Gasteiger partial charge in [0.1, 0.15) is 5.78 Å². The molecular weight excluding hydrogens is 268 g/mol. The molecule has 4 rings (SSSR count). The van der Waals surface area contributed by atoms with Crippen molar-refractivity contribution in [2.45, 2.75) is 78.6 Å². The van der Waals surface area contributed by atoms with Gasteiger partial charge in [-0.1, -0.05) is 32.4 Å². The Kier molecular flexibility index (Phi) is 3.37. The lowest BCUT2D eigenvalue weighted by Gasteiger charge is -2.58. The molecule has 0 amide bonds. The van der Waals surface area contributed by atoms with E-state index in [0.29, 0.717) is 17.1 Å². The summed E-state index contributed by atoms with van der Waals surface area (Å²) in [5.41, 5.74) is 2.34. The van der Waals surface area contributed by atoms with Crippen molar-refractivity contribution in [2.24, 2.45) is 34.5 Å². The topological polar surface area (TPSA) is 17.1 Å². The third-order valence-corrected chi connectivity index (χ3v) is 8.41. The first-order valence-electron chi connectivity index (χ1n) is 9.74. The quantitative estimate of drug-likeness (QED) is 0.581. The standard InChI is InChI=1S/C21H32O/c1-4-21-12-9-14(2)13-15(21)5-6-16-17-7-8-19(22)20(17,3)11-10-18(16)21/h5,14,16-18H,4,6-13H2,1-3H3/t14-,16?,17?,18?,20-,21-/m0/s1. The van der Waals surface area contributed by atoms with E-state index >= 15 is 0 Å². The molecule has 1 heteroatoms. The number of carbonyl (C=O) groups excluding carboxylic acids is 1. The molecule has 3 fully saturated rings. The molecule has 0 spiro atoms. The highest BCUT2D eigenvalue weighted by atomic mass is 16.1. The minimum Gasteiger partial charge on any atom is -0.299 e. The van der Waals surface area contributed by atoms with Crippen LogP contribution in [0, 0.1) is 34.5 Å². The Morgan fingerprint density at radius 2 is 2.00 bits per heavy atom. The van der Waals surface area contributed by atoms with E-state index in [1.807, 2.05) is 5.57 Å². The lowest BCUT2D eigenvalue weighted by Crippen LogP contribution is -2.50. The molecule has 0 heterocycles. The third-order valence-electron chi connectivity index (χ3n) is 8.41. The van der Waals surface area contributed by atoms with Gasteiger partial charge in [0.15, 0.2) is 0 Å². The fourth-order valence-electron chi connectivity index (χ4n) is 7.07. The van der Waals surface area contributed by atoms with Crippen LogP contribution < -0.4 is 0 Å². The average molecular weight is 300 g/mol. The van der Waals surface area contributed by atoms with Crippen LogP contribution in [0.5, 0.6) is 0 Å². The molecule has 3 saturated carbocycles. The maximum atomic E-state index is 12.5. The molecule has 0 aromatic heterocycles. The zero-order chi connectivity index (χ0) is 15.5. The molecule has 4 aliphatic rings. The van der Waals surface area contributed by atoms with Gasteiger partial charge in [-0.25, -0.2) is 0 Å². The number of hydrogen-bond donors (Lipinski definition) is 0. The second-order valence-corrected chi connectivity index (χ2v) is 9.12. The number of fused-ring (bicyclic) bond motifs is 5. The second-order valence-electron chi connectivity index (χ2n) is 9.12. The Balaban J connectivity index is 1.72. The van der Waals surface area contributed by atoms with Gasteiger partial charge in [-0.2, -0.15) is 0 Å². The first-order chi connectivity index (χ1) is 10.5. The van der Waals surface area contributed by atoms with Crippen LogP contribution in [0.1, 0.15) is 78.6 Å². The van der Waals surface area contributed by atoms with Crippen molar-refractivity contribution in [1.29, 1.82) is 0 Å². The molecule has 0 bridgehead atoms. The molecular formula is C21H32O. The molecule has 22 heavy (non-hydrogen) atoms. The van der Waals surface area contributed by atoms with E-state index in [0.717, 1.165) is 24.2 Å². The Hall–Kier alpha value is -0.590. The van der Waals surface area contributed by atoms with Gasteiger partial charge in [-0.3, -0.25) is 4.79 Å². The molecule has 0 radical (unpaired) electrons. The van der Waals surface area contributed by atoms with Crippen LogP contribution in [0.4, 0.5) is 0 Å². The average Bonchev–Trinajstić information content (AvgIpc) is 2.82. The minimum absolute atomic E-state index is 0.0312. The van der Waals surface area contributed by atoms with E-state index in [-0.39, 0.29) is 5.41 Å². The van der Waals surface area contributed by atoms with Crippen molar-refractivity contribution in [3.63, 3.8) is 0 Å². The highest BCUT2D eigenvalue weighted by Crippen LogP contribution is 2.65. The maximum Gasteiger partial charge on any atom is 0.139 e. The van der Waals surface area contributed by atoms with Gasteiger partial charge >= 0.3 is 0 Å². The molecule has 0 aromatic carbocycles. The molecule has 0 N–H and O–H groups in total. The molecule has 3 unspecified atom stereocenters. The van der Waals surface area contributed by atoms with E-state index in [1.165, 1.54) is 51.4 Å². The van der Waals surface area contributed by atoms with Crippen LogP contribution in [-0.4, -0.2) is 5.78 Å². The molecule has 0 saturated heterocycles. The zero-order valence-corrected chi connectivity index (χ0v) is 14.7. The van der Waals surface area contributed by atoms with Crippen LogP contribution in [0.15, 0.2) is 11.6 Å². The highest BCUT2D eigenvalue weighted by Gasteiger charge is 2.59. The van der Waals surface area contributed by atoms with Crippen molar-refractivity contribution in [2.75, 3.05) is 0 Å². The monoisotopic (exact) mass is 300 g/mol. The summed E-state index contributed by atoms with van der Waals surface area (Å²) in [6, 6.07) is 0. The van der Waals surface area contributed by atoms with Gasteiger partial charge in [-0.05, 0) is 80.5 Å². The summed E-state index contributed by atoms with van der Waals surface area (Å²) >= 11 is 0. The van der Waals surface area contributed by atoms with Gasteiger partial charge in [0.2, 0.25) is 0 Å². The van der Waals surface area contributed by atoms with Crippen molar-refractivity contribution in [1.82, 2.24) is 0 Å². The van der Waals surface area contributed by atoms with Crippen molar-refractivity contribution >= 4 is 5.78 Å². The van der Waals surface area contributed by atoms with Crippen LogP contribution >= 0.6 is 0 Å². The summed E-state index contributed by atoms with van der Waals surface area (Å²) in [6.45, 7) is 7.16. The summed E-state index contributed by atoms with van der Waals surface area (Å²) < 4.78 is 0. The lowest BCUT2D eigenvalue weighted by molar-refractivity contribution is -0.132. The highest BCUT2D eigenvalue weighted by molar-refractivity contribution is 5.87. The summed E-state index contributed by atoms with van der Waals surface area (Å²) in [4.78, 5) is 12.5. The smallest absolute Gasteiger partial charge is 0.139 e. The van der Waals surface area contributed by atoms with Gasteiger partial charge in [0, 0.05) is 11.8 Å².